The Balaban J connectivity index is 1.08. The van der Waals surface area contributed by atoms with Gasteiger partial charge in [0.25, 0.3) is 0 Å². The molecule has 1 aliphatic heterocycles. The highest BCUT2D eigenvalue weighted by Crippen LogP contribution is 2.37. The first kappa shape index (κ1) is 25.5. The summed E-state index contributed by atoms with van der Waals surface area (Å²) >= 11 is 0. The first-order chi connectivity index (χ1) is 19.8. The number of rotatable bonds is 7. The Hall–Kier alpha value is -4.48. The van der Waals surface area contributed by atoms with Crippen molar-refractivity contribution in [1.82, 2.24) is 34.3 Å². The Bertz CT molecular complexity index is 1750. The number of halogens is 1. The van der Waals surface area contributed by atoms with E-state index in [1.165, 1.54) is 12.1 Å². The lowest BCUT2D eigenvalue weighted by molar-refractivity contribution is 0.101. The summed E-state index contributed by atoms with van der Waals surface area (Å²) in [5.41, 5.74) is 4.03. The van der Waals surface area contributed by atoms with Gasteiger partial charge in [-0.25, -0.2) is 23.9 Å². The van der Waals surface area contributed by atoms with Crippen LogP contribution >= 0.6 is 0 Å². The highest BCUT2D eigenvalue weighted by atomic mass is 19.1. The van der Waals surface area contributed by atoms with Gasteiger partial charge in [0.1, 0.15) is 17.7 Å². The molecule has 5 heterocycles. The molecule has 2 N–H and O–H groups in total. The summed E-state index contributed by atoms with van der Waals surface area (Å²) in [5.74, 6) is 0.218. The molecule has 11 heteroatoms. The van der Waals surface area contributed by atoms with E-state index in [9.17, 15) is 14.6 Å². The lowest BCUT2D eigenvalue weighted by Crippen LogP contribution is -2.30. The molecule has 7 rings (SSSR count). The predicted molar refractivity (Wildman–Crippen MR) is 150 cm³/mol. The lowest BCUT2D eigenvalue weighted by atomic mass is 9.90. The van der Waals surface area contributed by atoms with Crippen molar-refractivity contribution in [2.24, 2.45) is 0 Å². The van der Waals surface area contributed by atoms with E-state index in [0.717, 1.165) is 47.2 Å². The minimum Gasteiger partial charge on any atom is -0.388 e. The zero-order valence-electron chi connectivity index (χ0n) is 22.5. The highest BCUT2D eigenvalue weighted by molar-refractivity contribution is 5.80. The maximum absolute atomic E-state index is 13.3. The van der Waals surface area contributed by atoms with Crippen molar-refractivity contribution in [3.05, 3.63) is 96.4 Å². The Labute approximate surface area is 235 Å². The van der Waals surface area contributed by atoms with Gasteiger partial charge in [0.2, 0.25) is 5.95 Å². The first-order valence-electron chi connectivity index (χ1n) is 13.6. The van der Waals surface area contributed by atoms with Crippen LogP contribution in [0.5, 0.6) is 0 Å². The Morgan fingerprint density at radius 3 is 2.46 bits per heavy atom. The largest absolute Gasteiger partial charge is 0.388 e. The van der Waals surface area contributed by atoms with Gasteiger partial charge >= 0.3 is 0 Å². The van der Waals surface area contributed by atoms with Crippen molar-refractivity contribution in [3.8, 4) is 11.1 Å². The molecular formula is C30H29FN8O2. The molecule has 0 bridgehead atoms. The minimum absolute atomic E-state index is 0.355. The summed E-state index contributed by atoms with van der Waals surface area (Å²) in [6.45, 7) is 3.48. The number of fused-ring (bicyclic) bond motifs is 1. The van der Waals surface area contributed by atoms with Crippen molar-refractivity contribution in [3.63, 3.8) is 0 Å². The van der Waals surface area contributed by atoms with Gasteiger partial charge in [-0.15, -0.1) is 0 Å². The number of benzene rings is 1. The van der Waals surface area contributed by atoms with Crippen LogP contribution in [-0.2, 0) is 12.1 Å². The molecular weight excluding hydrogens is 523 g/mol. The third-order valence-electron chi connectivity index (χ3n) is 8.06. The Kier molecular flexibility index (Phi) is 5.95. The number of hydrogen-bond acceptors (Lipinski definition) is 8. The standard InChI is InChI=1S/C30H29FN8O2/c1-29(40,23-2-4-25(31)5-3-23)24-14-32-28(33-15-24)37-10-6-20(7-11-37)27-26-12-21(17-39(26)36-19-34-27)22-13-35-38(16-22)18-30(41)8-9-30/h2-6,12-17,19,40-41H,7-11,18H2,1H3/t29-/m0/s1. The molecule has 1 aliphatic carbocycles. The zero-order valence-corrected chi connectivity index (χ0v) is 22.5. The van der Waals surface area contributed by atoms with E-state index in [4.69, 9.17) is 0 Å². The van der Waals surface area contributed by atoms with E-state index < -0.39 is 11.2 Å². The lowest BCUT2D eigenvalue weighted by Gasteiger charge is -2.28. The fourth-order valence-corrected chi connectivity index (χ4v) is 5.28. The molecule has 1 aromatic carbocycles. The molecule has 10 nitrogen and oxygen atoms in total. The van der Waals surface area contributed by atoms with E-state index in [1.54, 1.807) is 42.5 Å². The summed E-state index contributed by atoms with van der Waals surface area (Å²) < 4.78 is 17.0. The molecule has 0 saturated heterocycles. The zero-order chi connectivity index (χ0) is 28.2. The molecule has 0 amide bonds. The van der Waals surface area contributed by atoms with Gasteiger partial charge < -0.3 is 15.1 Å². The van der Waals surface area contributed by atoms with Crippen LogP contribution in [0.25, 0.3) is 22.2 Å². The molecule has 41 heavy (non-hydrogen) atoms. The molecule has 208 valence electrons. The molecule has 1 atom stereocenters. The van der Waals surface area contributed by atoms with Crippen molar-refractivity contribution in [2.75, 3.05) is 18.0 Å². The smallest absolute Gasteiger partial charge is 0.225 e. The SMILES string of the molecule is C[C@](O)(c1ccc(F)cc1)c1cnc(N2CC=C(c3ncnn4cc(-c5cnn(CC6(O)CC6)c5)cc34)CC2)nc1. The second kappa shape index (κ2) is 9.57. The number of anilines is 1. The summed E-state index contributed by atoms with van der Waals surface area (Å²) in [6.07, 6.45) is 15.1. The molecule has 0 unspecified atom stereocenters. The van der Waals surface area contributed by atoms with Gasteiger partial charge in [-0.1, -0.05) is 18.2 Å². The van der Waals surface area contributed by atoms with Crippen LogP contribution in [0.15, 0.2) is 73.7 Å². The van der Waals surface area contributed by atoms with E-state index in [0.29, 0.717) is 36.7 Å². The van der Waals surface area contributed by atoms with Crippen LogP contribution in [-0.4, -0.2) is 63.3 Å². The molecule has 5 aromatic rings. The monoisotopic (exact) mass is 552 g/mol. The van der Waals surface area contributed by atoms with Crippen molar-refractivity contribution >= 4 is 17.0 Å². The van der Waals surface area contributed by atoms with Crippen LogP contribution in [0, 0.1) is 5.82 Å². The highest BCUT2D eigenvalue weighted by Gasteiger charge is 2.40. The second-order valence-corrected chi connectivity index (χ2v) is 11.1. The molecule has 0 spiro atoms. The third-order valence-corrected chi connectivity index (χ3v) is 8.06. The molecule has 4 aromatic heterocycles. The molecule has 1 saturated carbocycles. The first-order valence-corrected chi connectivity index (χ1v) is 13.6. The fraction of sp³-hybridized carbons (Fsp3) is 0.300. The Morgan fingerprint density at radius 2 is 1.76 bits per heavy atom. The number of nitrogens with zero attached hydrogens (tertiary/aromatic N) is 8. The van der Waals surface area contributed by atoms with E-state index in [1.807, 2.05) is 23.1 Å². The van der Waals surface area contributed by atoms with Crippen molar-refractivity contribution < 1.29 is 14.6 Å². The second-order valence-electron chi connectivity index (χ2n) is 11.1. The van der Waals surface area contributed by atoms with Crippen LogP contribution in [0.4, 0.5) is 10.3 Å². The van der Waals surface area contributed by atoms with Gasteiger partial charge in [0.15, 0.2) is 0 Å². The predicted octanol–water partition coefficient (Wildman–Crippen LogP) is 3.60. The van der Waals surface area contributed by atoms with E-state index >= 15 is 0 Å². The normalized spacial score (nSPS) is 17.9. The van der Waals surface area contributed by atoms with Crippen molar-refractivity contribution in [2.45, 2.75) is 43.9 Å². The van der Waals surface area contributed by atoms with Crippen LogP contribution < -0.4 is 4.90 Å². The minimum atomic E-state index is -1.34. The van der Waals surface area contributed by atoms with Crippen LogP contribution in [0.3, 0.4) is 0 Å². The van der Waals surface area contributed by atoms with E-state index in [-0.39, 0.29) is 5.82 Å². The fourth-order valence-electron chi connectivity index (χ4n) is 5.28. The maximum atomic E-state index is 13.3. The quantitative estimate of drug-likeness (QED) is 0.315. The summed E-state index contributed by atoms with van der Waals surface area (Å²) in [5, 5.41) is 30.1. The summed E-state index contributed by atoms with van der Waals surface area (Å²) in [6, 6.07) is 7.85. The average molecular weight is 553 g/mol. The van der Waals surface area contributed by atoms with Crippen LogP contribution in [0.1, 0.15) is 43.0 Å². The van der Waals surface area contributed by atoms with Crippen molar-refractivity contribution in [1.29, 1.82) is 0 Å². The maximum Gasteiger partial charge on any atom is 0.225 e. The molecule has 0 radical (unpaired) electrons. The van der Waals surface area contributed by atoms with E-state index in [2.05, 4.69) is 42.2 Å². The summed E-state index contributed by atoms with van der Waals surface area (Å²) in [7, 11) is 0. The topological polar surface area (TPSA) is 117 Å². The van der Waals surface area contributed by atoms with Gasteiger partial charge in [-0.2, -0.15) is 10.2 Å². The number of hydrogen-bond donors (Lipinski definition) is 2. The van der Waals surface area contributed by atoms with Crippen LogP contribution in [0.2, 0.25) is 0 Å². The molecule has 2 aliphatic rings. The van der Waals surface area contributed by atoms with Gasteiger partial charge in [0, 0.05) is 54.6 Å². The molecule has 1 fully saturated rings. The Morgan fingerprint density at radius 1 is 0.976 bits per heavy atom. The summed E-state index contributed by atoms with van der Waals surface area (Å²) in [4.78, 5) is 15.7. The average Bonchev–Trinajstić information content (AvgIpc) is 3.34. The van der Waals surface area contributed by atoms with Gasteiger partial charge in [0.05, 0.1) is 29.6 Å². The van der Waals surface area contributed by atoms with Gasteiger partial charge in [-0.05, 0) is 55.5 Å². The van der Waals surface area contributed by atoms with Gasteiger partial charge in [-0.3, -0.25) is 4.68 Å². The third kappa shape index (κ3) is 4.87. The number of aliphatic hydroxyl groups is 2. The number of aromatic nitrogens is 7.